The largest absolute Gasteiger partial charge is 0.455 e. The van der Waals surface area contributed by atoms with E-state index >= 15 is 0 Å². The molecule has 122 valence electrons. The van der Waals surface area contributed by atoms with Crippen molar-refractivity contribution < 1.29 is 14.0 Å². The number of ketones is 1. The van der Waals surface area contributed by atoms with Crippen molar-refractivity contribution in [3.05, 3.63) is 22.6 Å². The third-order valence-electron chi connectivity index (χ3n) is 4.76. The highest BCUT2D eigenvalue weighted by Crippen LogP contribution is 2.32. The lowest BCUT2D eigenvalue weighted by atomic mass is 9.94. The lowest BCUT2D eigenvalue weighted by Gasteiger charge is -2.20. The first-order valence-electron chi connectivity index (χ1n) is 7.69. The van der Waals surface area contributed by atoms with Gasteiger partial charge in [-0.1, -0.05) is 0 Å². The molecule has 3 rings (SSSR count). The second-order valence-corrected chi connectivity index (χ2v) is 6.28. The molecule has 0 radical (unpaired) electrons. The van der Waals surface area contributed by atoms with Gasteiger partial charge < -0.3 is 15.1 Å². The molecule has 5 nitrogen and oxygen atoms in total. The van der Waals surface area contributed by atoms with Gasteiger partial charge in [0.1, 0.15) is 5.76 Å². The van der Waals surface area contributed by atoms with E-state index in [1.54, 1.807) is 0 Å². The number of aryl methyl sites for hydroxylation is 1. The minimum Gasteiger partial charge on any atom is -0.455 e. The molecule has 1 saturated heterocycles. The van der Waals surface area contributed by atoms with Gasteiger partial charge in [0.25, 0.3) is 5.91 Å². The van der Waals surface area contributed by atoms with Crippen molar-refractivity contribution in [2.24, 2.45) is 11.7 Å². The zero-order valence-electron chi connectivity index (χ0n) is 13.1. The van der Waals surface area contributed by atoms with Crippen LogP contribution in [0.3, 0.4) is 0 Å². The Labute approximate surface area is 136 Å². The molecule has 1 aromatic rings. The zero-order chi connectivity index (χ0) is 15.1. The number of carbonyl (C=O) groups excluding carboxylic acids is 2. The first-order chi connectivity index (χ1) is 10.0. The summed E-state index contributed by atoms with van der Waals surface area (Å²) >= 11 is 0. The number of hydrogen-bond donors (Lipinski definition) is 1. The predicted molar refractivity (Wildman–Crippen MR) is 85.6 cm³/mol. The molecule has 2 heterocycles. The number of rotatable bonds is 2. The van der Waals surface area contributed by atoms with Crippen LogP contribution in [0, 0.1) is 12.8 Å². The molecule has 1 amide bonds. The molecular weight excluding hydrogens is 304 g/mol. The summed E-state index contributed by atoms with van der Waals surface area (Å²) in [4.78, 5) is 26.6. The smallest absolute Gasteiger partial charge is 0.290 e. The van der Waals surface area contributed by atoms with Crippen LogP contribution in [0.5, 0.6) is 0 Å². The highest BCUT2D eigenvalue weighted by Gasteiger charge is 2.36. The number of likely N-dealkylation sites (tertiary alicyclic amines) is 1. The van der Waals surface area contributed by atoms with Crippen LogP contribution in [0.15, 0.2) is 4.42 Å². The summed E-state index contributed by atoms with van der Waals surface area (Å²) in [6, 6.07) is 0.170. The Morgan fingerprint density at radius 2 is 2.14 bits per heavy atom. The molecule has 2 atom stereocenters. The highest BCUT2D eigenvalue weighted by molar-refractivity contribution is 6.03. The normalized spacial score (nSPS) is 24.1. The fraction of sp³-hybridized carbons (Fsp3) is 0.625. The Kier molecular flexibility index (Phi) is 4.97. The van der Waals surface area contributed by atoms with E-state index in [2.05, 4.69) is 0 Å². The lowest BCUT2D eigenvalue weighted by Crippen LogP contribution is -2.34. The second-order valence-electron chi connectivity index (χ2n) is 6.28. The predicted octanol–water partition coefficient (Wildman–Crippen LogP) is 2.34. The molecular formula is C16H23ClN2O3. The first-order valence-corrected chi connectivity index (χ1v) is 7.69. The van der Waals surface area contributed by atoms with E-state index in [1.807, 2.05) is 18.7 Å². The molecule has 2 aliphatic rings. The maximum absolute atomic E-state index is 12.7. The number of halogens is 1. The molecule has 22 heavy (non-hydrogen) atoms. The van der Waals surface area contributed by atoms with Crippen LogP contribution in [0.4, 0.5) is 0 Å². The summed E-state index contributed by atoms with van der Waals surface area (Å²) in [5.41, 5.74) is 7.08. The average Bonchev–Trinajstić information content (AvgIpc) is 3.00. The van der Waals surface area contributed by atoms with Gasteiger partial charge in [-0.05, 0) is 39.2 Å². The fourth-order valence-electron chi connectivity index (χ4n) is 3.58. The second kappa shape index (κ2) is 6.42. The third kappa shape index (κ3) is 2.68. The molecule has 0 aromatic carbocycles. The summed E-state index contributed by atoms with van der Waals surface area (Å²) in [5, 5.41) is 0. The Morgan fingerprint density at radius 3 is 2.73 bits per heavy atom. The minimum atomic E-state index is -0.0989. The van der Waals surface area contributed by atoms with Crippen LogP contribution in [-0.2, 0) is 6.42 Å². The SMILES string of the molecule is Cc1c(C(=O)N2CC(CN)CC2C)oc2c1C(=O)CCC2.Cl. The van der Waals surface area contributed by atoms with Crippen molar-refractivity contribution in [1.82, 2.24) is 4.90 Å². The van der Waals surface area contributed by atoms with Crippen LogP contribution in [0.2, 0.25) is 0 Å². The van der Waals surface area contributed by atoms with Crippen molar-refractivity contribution in [3.63, 3.8) is 0 Å². The Balaban J connectivity index is 0.00000176. The van der Waals surface area contributed by atoms with Crippen LogP contribution in [0.1, 0.15) is 58.4 Å². The van der Waals surface area contributed by atoms with Crippen LogP contribution < -0.4 is 5.73 Å². The molecule has 1 aromatic heterocycles. The first kappa shape index (κ1) is 17.0. The van der Waals surface area contributed by atoms with E-state index in [0.29, 0.717) is 48.1 Å². The maximum Gasteiger partial charge on any atom is 0.290 e. The number of Topliss-reactive ketones (excluding diaryl/α,β-unsaturated/α-hetero) is 1. The van der Waals surface area contributed by atoms with Gasteiger partial charge in [0.05, 0.1) is 5.56 Å². The Bertz CT molecular complexity index is 596. The van der Waals surface area contributed by atoms with Gasteiger partial charge in [-0.15, -0.1) is 12.4 Å². The lowest BCUT2D eigenvalue weighted by molar-refractivity contribution is 0.0707. The van der Waals surface area contributed by atoms with E-state index in [9.17, 15) is 9.59 Å². The standard InChI is InChI=1S/C16H22N2O3.ClH/c1-9-6-11(7-17)8-18(9)16(20)15-10(2)14-12(19)4-3-5-13(14)21-15;/h9,11H,3-8,17H2,1-2H3;1H. The number of nitrogens with zero attached hydrogens (tertiary/aromatic N) is 1. The molecule has 1 fully saturated rings. The van der Waals surface area contributed by atoms with Crippen molar-refractivity contribution in [2.75, 3.05) is 13.1 Å². The van der Waals surface area contributed by atoms with Gasteiger partial charge in [-0.2, -0.15) is 0 Å². The van der Waals surface area contributed by atoms with Crippen molar-refractivity contribution >= 4 is 24.1 Å². The number of furan rings is 1. The van der Waals surface area contributed by atoms with E-state index in [0.717, 1.165) is 19.3 Å². The summed E-state index contributed by atoms with van der Waals surface area (Å²) < 4.78 is 5.76. The molecule has 0 spiro atoms. The van der Waals surface area contributed by atoms with Crippen LogP contribution in [-0.4, -0.2) is 35.7 Å². The molecule has 1 aliphatic carbocycles. The van der Waals surface area contributed by atoms with E-state index < -0.39 is 0 Å². The molecule has 0 bridgehead atoms. The fourth-order valence-corrected chi connectivity index (χ4v) is 3.58. The minimum absolute atomic E-state index is 0. The van der Waals surface area contributed by atoms with Gasteiger partial charge in [-0.3, -0.25) is 9.59 Å². The van der Waals surface area contributed by atoms with Gasteiger partial charge >= 0.3 is 0 Å². The van der Waals surface area contributed by atoms with E-state index in [-0.39, 0.29) is 30.1 Å². The highest BCUT2D eigenvalue weighted by atomic mass is 35.5. The number of carbonyl (C=O) groups is 2. The summed E-state index contributed by atoms with van der Waals surface area (Å²) in [7, 11) is 0. The van der Waals surface area contributed by atoms with E-state index in [1.165, 1.54) is 0 Å². The molecule has 1 aliphatic heterocycles. The average molecular weight is 327 g/mol. The van der Waals surface area contributed by atoms with Gasteiger partial charge in [0.2, 0.25) is 0 Å². The topological polar surface area (TPSA) is 76.5 Å². The number of hydrogen-bond acceptors (Lipinski definition) is 4. The van der Waals surface area contributed by atoms with Gasteiger partial charge in [0.15, 0.2) is 11.5 Å². The number of fused-ring (bicyclic) bond motifs is 1. The molecule has 2 unspecified atom stereocenters. The van der Waals surface area contributed by atoms with E-state index in [4.69, 9.17) is 10.2 Å². The van der Waals surface area contributed by atoms with Gasteiger partial charge in [-0.25, -0.2) is 0 Å². The number of amides is 1. The maximum atomic E-state index is 12.7. The van der Waals surface area contributed by atoms with Gasteiger partial charge in [0, 0.05) is 31.0 Å². The summed E-state index contributed by atoms with van der Waals surface area (Å²) in [5.74, 6) is 1.40. The Hall–Kier alpha value is -1.33. The van der Waals surface area contributed by atoms with Crippen molar-refractivity contribution in [2.45, 2.75) is 45.6 Å². The third-order valence-corrected chi connectivity index (χ3v) is 4.76. The summed E-state index contributed by atoms with van der Waals surface area (Å²) in [6.07, 6.45) is 3.04. The van der Waals surface area contributed by atoms with Crippen molar-refractivity contribution in [3.8, 4) is 0 Å². The molecule has 2 N–H and O–H groups in total. The monoisotopic (exact) mass is 326 g/mol. The summed E-state index contributed by atoms with van der Waals surface area (Å²) in [6.45, 7) is 5.13. The van der Waals surface area contributed by atoms with Crippen LogP contribution >= 0.6 is 12.4 Å². The number of nitrogens with two attached hydrogens (primary N) is 1. The molecule has 6 heteroatoms. The zero-order valence-corrected chi connectivity index (χ0v) is 13.9. The Morgan fingerprint density at radius 1 is 1.41 bits per heavy atom. The quantitative estimate of drug-likeness (QED) is 0.905. The van der Waals surface area contributed by atoms with Crippen LogP contribution in [0.25, 0.3) is 0 Å². The molecule has 0 saturated carbocycles. The van der Waals surface area contributed by atoms with Crippen molar-refractivity contribution in [1.29, 1.82) is 0 Å².